The van der Waals surface area contributed by atoms with Gasteiger partial charge in [-0.2, -0.15) is 0 Å². The summed E-state index contributed by atoms with van der Waals surface area (Å²) < 4.78 is 5.80. The van der Waals surface area contributed by atoms with Crippen LogP contribution in [0.25, 0.3) is 0 Å². The Balaban J connectivity index is 1.88. The Bertz CT molecular complexity index is 509. The molecule has 0 saturated heterocycles. The lowest BCUT2D eigenvalue weighted by Gasteiger charge is -2.27. The lowest BCUT2D eigenvalue weighted by Crippen LogP contribution is -2.33. The second-order valence-corrected chi connectivity index (χ2v) is 4.75. The molecule has 2 heteroatoms. The number of anilines is 1. The number of hydrogen-bond acceptors (Lipinski definition) is 2. The SMILES string of the molecule is C=C[C@@H](COCc1ccccc1)N(C)c1ccccc1. The number of likely N-dealkylation sites (N-methyl/N-ethyl adjacent to an activating group) is 1. The van der Waals surface area contributed by atoms with Gasteiger partial charge >= 0.3 is 0 Å². The molecule has 1 atom stereocenters. The summed E-state index contributed by atoms with van der Waals surface area (Å²) in [6, 6.07) is 20.7. The van der Waals surface area contributed by atoms with Crippen molar-refractivity contribution in [2.45, 2.75) is 12.6 Å². The molecule has 2 nitrogen and oxygen atoms in total. The smallest absolute Gasteiger partial charge is 0.0718 e. The Labute approximate surface area is 121 Å². The number of nitrogens with zero attached hydrogens (tertiary/aromatic N) is 1. The first-order valence-corrected chi connectivity index (χ1v) is 6.83. The molecule has 0 radical (unpaired) electrons. The molecule has 2 aromatic carbocycles. The van der Waals surface area contributed by atoms with Gasteiger partial charge in [0, 0.05) is 12.7 Å². The van der Waals surface area contributed by atoms with Crippen molar-refractivity contribution in [3.63, 3.8) is 0 Å². The Morgan fingerprint density at radius 3 is 2.25 bits per heavy atom. The molecule has 0 heterocycles. The molecule has 0 aliphatic heterocycles. The molecule has 0 aliphatic carbocycles. The van der Waals surface area contributed by atoms with Crippen molar-refractivity contribution in [2.75, 3.05) is 18.6 Å². The molecule has 0 bridgehead atoms. The fourth-order valence-corrected chi connectivity index (χ4v) is 2.06. The summed E-state index contributed by atoms with van der Waals surface area (Å²) >= 11 is 0. The number of para-hydroxylation sites is 1. The highest BCUT2D eigenvalue weighted by Crippen LogP contribution is 2.15. The second-order valence-electron chi connectivity index (χ2n) is 4.75. The number of ether oxygens (including phenoxy) is 1. The molecule has 0 aromatic heterocycles. The number of rotatable bonds is 7. The molecule has 104 valence electrons. The highest BCUT2D eigenvalue weighted by atomic mass is 16.5. The molecular formula is C18H21NO. The summed E-state index contributed by atoms with van der Waals surface area (Å²) in [4.78, 5) is 2.18. The fourth-order valence-electron chi connectivity index (χ4n) is 2.06. The van der Waals surface area contributed by atoms with Gasteiger partial charge in [-0.1, -0.05) is 54.6 Å². The minimum absolute atomic E-state index is 0.168. The molecule has 0 unspecified atom stereocenters. The first-order chi connectivity index (χ1) is 9.81. The fraction of sp³-hybridized carbons (Fsp3) is 0.222. The molecule has 0 aliphatic rings. The highest BCUT2D eigenvalue weighted by molar-refractivity contribution is 5.47. The summed E-state index contributed by atoms with van der Waals surface area (Å²) in [6.45, 7) is 5.17. The van der Waals surface area contributed by atoms with Crippen molar-refractivity contribution < 1.29 is 4.74 Å². The van der Waals surface area contributed by atoms with Gasteiger partial charge in [0.2, 0.25) is 0 Å². The van der Waals surface area contributed by atoms with Crippen LogP contribution in [0, 0.1) is 0 Å². The molecule has 20 heavy (non-hydrogen) atoms. The zero-order chi connectivity index (χ0) is 14.2. The van der Waals surface area contributed by atoms with Gasteiger partial charge in [0.15, 0.2) is 0 Å². The van der Waals surface area contributed by atoms with Crippen LogP contribution < -0.4 is 4.90 Å². The lowest BCUT2D eigenvalue weighted by atomic mass is 10.2. The van der Waals surface area contributed by atoms with E-state index < -0.39 is 0 Å². The Hall–Kier alpha value is -2.06. The van der Waals surface area contributed by atoms with Gasteiger partial charge in [0.25, 0.3) is 0 Å². The molecule has 0 spiro atoms. The monoisotopic (exact) mass is 267 g/mol. The van der Waals surface area contributed by atoms with E-state index in [0.29, 0.717) is 13.2 Å². The molecule has 0 amide bonds. The quantitative estimate of drug-likeness (QED) is 0.706. The summed E-state index contributed by atoms with van der Waals surface area (Å²) in [5, 5.41) is 0. The van der Waals surface area contributed by atoms with E-state index in [4.69, 9.17) is 4.74 Å². The van der Waals surface area contributed by atoms with E-state index in [1.54, 1.807) is 0 Å². The van der Waals surface area contributed by atoms with E-state index in [1.807, 2.05) is 42.5 Å². The van der Waals surface area contributed by atoms with Gasteiger partial charge in [-0.15, -0.1) is 6.58 Å². The Morgan fingerprint density at radius 1 is 1.05 bits per heavy atom. The van der Waals surface area contributed by atoms with Crippen molar-refractivity contribution in [3.8, 4) is 0 Å². The molecule has 0 saturated carbocycles. The van der Waals surface area contributed by atoms with E-state index in [2.05, 4.69) is 42.8 Å². The third kappa shape index (κ3) is 3.97. The molecule has 2 aromatic rings. The van der Waals surface area contributed by atoms with Crippen molar-refractivity contribution >= 4 is 5.69 Å². The van der Waals surface area contributed by atoms with E-state index in [9.17, 15) is 0 Å². The number of hydrogen-bond donors (Lipinski definition) is 0. The van der Waals surface area contributed by atoms with Gasteiger partial charge in [0.05, 0.1) is 19.3 Å². The van der Waals surface area contributed by atoms with Crippen molar-refractivity contribution in [3.05, 3.63) is 78.9 Å². The van der Waals surface area contributed by atoms with Crippen LogP contribution in [0.4, 0.5) is 5.69 Å². The maximum atomic E-state index is 5.80. The van der Waals surface area contributed by atoms with Gasteiger partial charge in [-0.25, -0.2) is 0 Å². The maximum absolute atomic E-state index is 5.80. The minimum Gasteiger partial charge on any atom is -0.374 e. The van der Waals surface area contributed by atoms with Crippen LogP contribution in [-0.2, 0) is 11.3 Å². The average Bonchev–Trinajstić information content (AvgIpc) is 2.53. The van der Waals surface area contributed by atoms with Crippen LogP contribution in [0.15, 0.2) is 73.3 Å². The second kappa shape index (κ2) is 7.51. The maximum Gasteiger partial charge on any atom is 0.0718 e. The first kappa shape index (κ1) is 14.4. The van der Waals surface area contributed by atoms with Crippen LogP contribution in [0.1, 0.15) is 5.56 Å². The van der Waals surface area contributed by atoms with Crippen LogP contribution in [0.3, 0.4) is 0 Å². The predicted molar refractivity (Wildman–Crippen MR) is 84.9 cm³/mol. The molecule has 2 rings (SSSR count). The third-order valence-corrected chi connectivity index (χ3v) is 3.33. The molecule has 0 N–H and O–H groups in total. The van der Waals surface area contributed by atoms with Crippen LogP contribution in [-0.4, -0.2) is 19.7 Å². The van der Waals surface area contributed by atoms with E-state index in [1.165, 1.54) is 11.3 Å². The third-order valence-electron chi connectivity index (χ3n) is 3.33. The lowest BCUT2D eigenvalue weighted by molar-refractivity contribution is 0.115. The Kier molecular flexibility index (Phi) is 5.39. The first-order valence-electron chi connectivity index (χ1n) is 6.83. The highest BCUT2D eigenvalue weighted by Gasteiger charge is 2.11. The number of benzene rings is 2. The van der Waals surface area contributed by atoms with Crippen molar-refractivity contribution in [1.82, 2.24) is 0 Å². The van der Waals surface area contributed by atoms with Crippen molar-refractivity contribution in [1.29, 1.82) is 0 Å². The standard InChI is InChI=1S/C18H21NO/c1-3-17(19(2)18-12-8-5-9-13-18)15-20-14-16-10-6-4-7-11-16/h3-13,17H,1,14-15H2,2H3/t17-/m0/s1. The van der Waals surface area contributed by atoms with Crippen LogP contribution >= 0.6 is 0 Å². The summed E-state index contributed by atoms with van der Waals surface area (Å²) in [6.07, 6.45) is 1.93. The van der Waals surface area contributed by atoms with Gasteiger partial charge in [0.1, 0.15) is 0 Å². The summed E-state index contributed by atoms with van der Waals surface area (Å²) in [5.74, 6) is 0. The largest absolute Gasteiger partial charge is 0.374 e. The van der Waals surface area contributed by atoms with E-state index in [0.717, 1.165) is 0 Å². The Morgan fingerprint density at radius 2 is 1.65 bits per heavy atom. The topological polar surface area (TPSA) is 12.5 Å². The summed E-state index contributed by atoms with van der Waals surface area (Å²) in [5.41, 5.74) is 2.36. The van der Waals surface area contributed by atoms with Gasteiger partial charge in [-0.05, 0) is 17.7 Å². The molecular weight excluding hydrogens is 246 g/mol. The van der Waals surface area contributed by atoms with Gasteiger partial charge in [-0.3, -0.25) is 0 Å². The zero-order valence-corrected chi connectivity index (χ0v) is 11.9. The van der Waals surface area contributed by atoms with E-state index >= 15 is 0 Å². The van der Waals surface area contributed by atoms with E-state index in [-0.39, 0.29) is 6.04 Å². The minimum atomic E-state index is 0.168. The predicted octanol–water partition coefficient (Wildman–Crippen LogP) is 3.89. The zero-order valence-electron chi connectivity index (χ0n) is 11.9. The normalized spacial score (nSPS) is 11.8. The van der Waals surface area contributed by atoms with Crippen molar-refractivity contribution in [2.24, 2.45) is 0 Å². The average molecular weight is 267 g/mol. The van der Waals surface area contributed by atoms with Crippen LogP contribution in [0.5, 0.6) is 0 Å². The van der Waals surface area contributed by atoms with Crippen LogP contribution in [0.2, 0.25) is 0 Å². The summed E-state index contributed by atoms with van der Waals surface area (Å²) in [7, 11) is 2.06. The molecule has 0 fully saturated rings. The van der Waals surface area contributed by atoms with Gasteiger partial charge < -0.3 is 9.64 Å².